The van der Waals surface area contributed by atoms with Crippen molar-refractivity contribution in [3.8, 4) is 0 Å². The smallest absolute Gasteiger partial charge is 0.212 e. The van der Waals surface area contributed by atoms with Crippen LogP contribution in [0.1, 0.15) is 0 Å². The third-order valence-electron chi connectivity index (χ3n) is 0.428. The standard InChI is InChI=1S/C2H2F2N2O2/c3-1(5-7)2(4)6-8/h1-2H. The molecule has 8 heavy (non-hydrogen) atoms. The Balaban J connectivity index is 3.60. The van der Waals surface area contributed by atoms with Gasteiger partial charge in [0, 0.05) is 0 Å². The maximum Gasteiger partial charge on any atom is 0.284 e. The van der Waals surface area contributed by atoms with Crippen molar-refractivity contribution in [2.75, 3.05) is 0 Å². The van der Waals surface area contributed by atoms with Crippen molar-refractivity contribution in [2.24, 2.45) is 10.4 Å². The van der Waals surface area contributed by atoms with E-state index in [1.807, 2.05) is 0 Å². The van der Waals surface area contributed by atoms with Crippen molar-refractivity contribution < 1.29 is 8.78 Å². The third-order valence-corrected chi connectivity index (χ3v) is 0.428. The number of hydrogen-bond acceptors (Lipinski definition) is 4. The minimum Gasteiger partial charge on any atom is -0.212 e. The van der Waals surface area contributed by atoms with Crippen LogP contribution in [0.5, 0.6) is 0 Å². The summed E-state index contributed by atoms with van der Waals surface area (Å²) >= 11 is 0. The molecule has 46 valence electrons. The molecule has 0 radical (unpaired) electrons. The molecule has 0 heterocycles. The second-order valence-corrected chi connectivity index (χ2v) is 0.956. The normalized spacial score (nSPS) is 16.8. The molecule has 0 amide bonds. The fourth-order valence-electron chi connectivity index (χ4n) is 0.100. The van der Waals surface area contributed by atoms with Gasteiger partial charge in [0.05, 0.1) is 0 Å². The van der Waals surface area contributed by atoms with Crippen LogP contribution in [0.15, 0.2) is 10.4 Å². The number of hydrogen-bond donors (Lipinski definition) is 0. The van der Waals surface area contributed by atoms with Crippen LogP contribution in [0.3, 0.4) is 0 Å². The first kappa shape index (κ1) is 7.06. The van der Waals surface area contributed by atoms with Gasteiger partial charge in [0.2, 0.25) is 0 Å². The number of nitroso groups, excluding NO2 is 2. The van der Waals surface area contributed by atoms with E-state index in [-0.39, 0.29) is 0 Å². The van der Waals surface area contributed by atoms with E-state index >= 15 is 0 Å². The largest absolute Gasteiger partial charge is 0.284 e. The second kappa shape index (κ2) is 3.11. The Morgan fingerprint density at radius 1 is 1.00 bits per heavy atom. The van der Waals surface area contributed by atoms with Gasteiger partial charge >= 0.3 is 0 Å². The number of halogens is 2. The summed E-state index contributed by atoms with van der Waals surface area (Å²) in [5.74, 6) is 0. The van der Waals surface area contributed by atoms with Crippen molar-refractivity contribution in [1.29, 1.82) is 0 Å². The van der Waals surface area contributed by atoms with Gasteiger partial charge in [-0.15, -0.1) is 9.81 Å². The molecule has 0 aliphatic rings. The van der Waals surface area contributed by atoms with Crippen LogP contribution in [0.25, 0.3) is 0 Å². The van der Waals surface area contributed by atoms with Gasteiger partial charge in [0.25, 0.3) is 12.6 Å². The van der Waals surface area contributed by atoms with Gasteiger partial charge in [-0.1, -0.05) is 0 Å². The molecule has 0 aromatic rings. The number of rotatable bonds is 3. The van der Waals surface area contributed by atoms with E-state index in [0.717, 1.165) is 0 Å². The molecule has 4 nitrogen and oxygen atoms in total. The lowest BCUT2D eigenvalue weighted by Gasteiger charge is -1.92. The molecule has 0 rings (SSSR count). The molecule has 0 saturated heterocycles. The summed E-state index contributed by atoms with van der Waals surface area (Å²) in [5, 5.41) is 3.15. The first-order valence-electron chi connectivity index (χ1n) is 1.65. The highest BCUT2D eigenvalue weighted by atomic mass is 19.2. The monoisotopic (exact) mass is 124 g/mol. The topological polar surface area (TPSA) is 58.9 Å². The summed E-state index contributed by atoms with van der Waals surface area (Å²) in [6, 6.07) is 0. The highest BCUT2D eigenvalue weighted by Crippen LogP contribution is 2.04. The lowest BCUT2D eigenvalue weighted by molar-refractivity contribution is 0.179. The van der Waals surface area contributed by atoms with Gasteiger partial charge < -0.3 is 0 Å². The molecular weight excluding hydrogens is 122 g/mol. The summed E-state index contributed by atoms with van der Waals surface area (Å²) in [7, 11) is 0. The SMILES string of the molecule is O=NC(F)C(F)N=O. The molecule has 2 unspecified atom stereocenters. The van der Waals surface area contributed by atoms with Crippen molar-refractivity contribution in [1.82, 2.24) is 0 Å². The lowest BCUT2D eigenvalue weighted by atomic mass is 10.6. The molecule has 0 fully saturated rings. The average Bonchev–Trinajstić information content (AvgIpc) is 1.84. The van der Waals surface area contributed by atoms with Crippen molar-refractivity contribution in [3.05, 3.63) is 9.81 Å². The molecule has 2 atom stereocenters. The zero-order valence-corrected chi connectivity index (χ0v) is 3.62. The van der Waals surface area contributed by atoms with Gasteiger partial charge in [-0.25, -0.2) is 8.78 Å². The molecule has 0 saturated carbocycles. The zero-order valence-electron chi connectivity index (χ0n) is 3.62. The molecule has 0 aliphatic heterocycles. The molecule has 6 heteroatoms. The van der Waals surface area contributed by atoms with Gasteiger partial charge in [0.1, 0.15) is 0 Å². The van der Waals surface area contributed by atoms with Crippen LogP contribution in [0.2, 0.25) is 0 Å². The van der Waals surface area contributed by atoms with Crippen LogP contribution in [-0.4, -0.2) is 12.6 Å². The van der Waals surface area contributed by atoms with Crippen LogP contribution in [0.4, 0.5) is 8.78 Å². The van der Waals surface area contributed by atoms with E-state index in [1.54, 1.807) is 10.4 Å². The summed E-state index contributed by atoms with van der Waals surface area (Å²) in [6.07, 6.45) is -5.32. The molecule has 0 bridgehead atoms. The third kappa shape index (κ3) is 1.67. The van der Waals surface area contributed by atoms with Gasteiger partial charge in [0.15, 0.2) is 0 Å². The molecule has 0 aromatic heterocycles. The number of alkyl halides is 2. The first-order chi connectivity index (χ1) is 3.72. The first-order valence-corrected chi connectivity index (χ1v) is 1.65. The van der Waals surface area contributed by atoms with Crippen LogP contribution < -0.4 is 0 Å². The van der Waals surface area contributed by atoms with Crippen LogP contribution in [0, 0.1) is 9.81 Å². The Morgan fingerprint density at radius 3 is 1.38 bits per heavy atom. The minimum absolute atomic E-state index is 1.57. The van der Waals surface area contributed by atoms with E-state index in [4.69, 9.17) is 9.81 Å². The van der Waals surface area contributed by atoms with Gasteiger partial charge in [-0.2, -0.15) is 0 Å². The van der Waals surface area contributed by atoms with Crippen molar-refractivity contribution >= 4 is 0 Å². The van der Waals surface area contributed by atoms with Gasteiger partial charge in [-0.05, 0) is 10.4 Å². The molecule has 0 aromatic carbocycles. The summed E-state index contributed by atoms with van der Waals surface area (Å²) < 4.78 is 22.8. The summed E-state index contributed by atoms with van der Waals surface area (Å²) in [5.41, 5.74) is 0. The van der Waals surface area contributed by atoms with Crippen LogP contribution in [-0.2, 0) is 0 Å². The maximum atomic E-state index is 11.4. The molecule has 0 N–H and O–H groups in total. The van der Waals surface area contributed by atoms with E-state index in [2.05, 4.69) is 0 Å². The fourth-order valence-corrected chi connectivity index (χ4v) is 0.100. The minimum atomic E-state index is -2.66. The fraction of sp³-hybridized carbons (Fsp3) is 1.00. The van der Waals surface area contributed by atoms with Gasteiger partial charge in [-0.3, -0.25) is 0 Å². The van der Waals surface area contributed by atoms with E-state index in [1.165, 1.54) is 0 Å². The summed E-state index contributed by atoms with van der Waals surface area (Å²) in [6.45, 7) is 0. The van der Waals surface area contributed by atoms with E-state index in [9.17, 15) is 8.78 Å². The summed E-state index contributed by atoms with van der Waals surface area (Å²) in [4.78, 5) is 18.1. The Bertz CT molecular complexity index is 86.0. The zero-order chi connectivity index (χ0) is 6.57. The Labute approximate surface area is 42.8 Å². The second-order valence-electron chi connectivity index (χ2n) is 0.956. The molecule has 0 aliphatic carbocycles. The van der Waals surface area contributed by atoms with Crippen molar-refractivity contribution in [3.63, 3.8) is 0 Å². The highest BCUT2D eigenvalue weighted by molar-refractivity contribution is 4.59. The van der Waals surface area contributed by atoms with Crippen LogP contribution >= 0.6 is 0 Å². The molecular formula is C2H2F2N2O2. The highest BCUT2D eigenvalue weighted by Gasteiger charge is 2.20. The van der Waals surface area contributed by atoms with E-state index in [0.29, 0.717) is 0 Å². The quantitative estimate of drug-likeness (QED) is 0.418. The van der Waals surface area contributed by atoms with Crippen molar-refractivity contribution in [2.45, 2.75) is 12.6 Å². The average molecular weight is 124 g/mol. The number of nitrogens with zero attached hydrogens (tertiary/aromatic N) is 2. The maximum absolute atomic E-state index is 11.4. The Kier molecular flexibility index (Phi) is 2.75. The van der Waals surface area contributed by atoms with E-state index < -0.39 is 12.6 Å². The Morgan fingerprint density at radius 2 is 1.25 bits per heavy atom. The molecule has 0 spiro atoms. The predicted octanol–water partition coefficient (Wildman–Crippen LogP) is 1.11. The lowest BCUT2D eigenvalue weighted by Crippen LogP contribution is -2.09. The Hall–Kier alpha value is -0.940. The predicted molar refractivity (Wildman–Crippen MR) is 21.4 cm³/mol.